The number of halogens is 3. The van der Waals surface area contributed by atoms with Crippen molar-refractivity contribution in [1.29, 1.82) is 0 Å². The van der Waals surface area contributed by atoms with Gasteiger partial charge in [-0.3, -0.25) is 0 Å². The molecule has 0 aliphatic carbocycles. The predicted molar refractivity (Wildman–Crippen MR) is 134 cm³/mol. The van der Waals surface area contributed by atoms with Crippen LogP contribution in [0.1, 0.15) is 31.9 Å². The normalized spacial score (nSPS) is 13.5. The van der Waals surface area contributed by atoms with Gasteiger partial charge in [-0.25, -0.2) is 4.98 Å². The molecule has 1 N–H and O–H groups in total. The highest BCUT2D eigenvalue weighted by molar-refractivity contribution is 6.32. The average Bonchev–Trinajstić information content (AvgIpc) is 3.30. The Labute approximate surface area is 210 Å². The fourth-order valence-electron chi connectivity index (χ4n) is 3.33. The quantitative estimate of drug-likeness (QED) is 0.311. The molecular formula is C25H29Cl3N2O3. The molecule has 1 aromatic heterocycles. The molecule has 1 heterocycles. The van der Waals surface area contributed by atoms with Gasteiger partial charge in [-0.2, -0.15) is 0 Å². The molecule has 0 radical (unpaired) electrons. The van der Waals surface area contributed by atoms with Crippen molar-refractivity contribution in [2.75, 3.05) is 19.1 Å². The topological polar surface area (TPSA) is 56.5 Å². The maximum absolute atomic E-state index is 10.2. The lowest BCUT2D eigenvalue weighted by atomic mass is 9.78. The SMILES string of the molecule is C[C@H](CCl)COc1ccc(C(C)(C)c2ccc(OC[C@@H](O)Cn3ccnc3)c(Cl)c2)cc1Cl. The molecule has 0 saturated carbocycles. The van der Waals surface area contributed by atoms with Crippen molar-refractivity contribution >= 4 is 34.8 Å². The van der Waals surface area contributed by atoms with E-state index in [1.165, 1.54) is 0 Å². The summed E-state index contributed by atoms with van der Waals surface area (Å²) < 4.78 is 13.3. The Morgan fingerprint density at radius 2 is 1.58 bits per heavy atom. The molecule has 8 heteroatoms. The zero-order chi connectivity index (χ0) is 24.0. The van der Waals surface area contributed by atoms with Gasteiger partial charge in [0.2, 0.25) is 0 Å². The first-order chi connectivity index (χ1) is 15.7. The molecule has 5 nitrogen and oxygen atoms in total. The van der Waals surface area contributed by atoms with Crippen LogP contribution in [0.2, 0.25) is 10.0 Å². The maximum Gasteiger partial charge on any atom is 0.138 e. The van der Waals surface area contributed by atoms with Crippen LogP contribution in [0.5, 0.6) is 11.5 Å². The highest BCUT2D eigenvalue weighted by atomic mass is 35.5. The van der Waals surface area contributed by atoms with Crippen molar-refractivity contribution in [3.05, 3.63) is 76.3 Å². The number of nitrogens with zero attached hydrogens (tertiary/aromatic N) is 2. The van der Waals surface area contributed by atoms with E-state index < -0.39 is 6.10 Å². The number of benzene rings is 2. The van der Waals surface area contributed by atoms with Crippen LogP contribution in [0.15, 0.2) is 55.1 Å². The molecular weight excluding hydrogens is 483 g/mol. The van der Waals surface area contributed by atoms with E-state index in [4.69, 9.17) is 44.3 Å². The van der Waals surface area contributed by atoms with Gasteiger partial charge in [-0.15, -0.1) is 11.6 Å². The summed E-state index contributed by atoms with van der Waals surface area (Å²) in [7, 11) is 0. The second kappa shape index (κ2) is 11.5. The lowest BCUT2D eigenvalue weighted by Gasteiger charge is -2.27. The molecule has 0 aliphatic rings. The van der Waals surface area contributed by atoms with E-state index in [0.29, 0.717) is 40.6 Å². The molecule has 33 heavy (non-hydrogen) atoms. The van der Waals surface area contributed by atoms with E-state index in [2.05, 4.69) is 18.8 Å². The second-order valence-electron chi connectivity index (χ2n) is 8.71. The lowest BCUT2D eigenvalue weighted by molar-refractivity contribution is 0.0925. The Bertz CT molecular complexity index is 1040. The number of rotatable bonds is 11. The van der Waals surface area contributed by atoms with E-state index in [1.807, 2.05) is 43.3 Å². The number of aliphatic hydroxyl groups excluding tert-OH is 1. The Kier molecular flexibility index (Phi) is 8.94. The fourth-order valence-corrected chi connectivity index (χ4v) is 3.89. The molecule has 0 aliphatic heterocycles. The van der Waals surface area contributed by atoms with Crippen molar-refractivity contribution in [3.63, 3.8) is 0 Å². The first-order valence-electron chi connectivity index (χ1n) is 10.8. The number of imidazole rings is 1. The van der Waals surface area contributed by atoms with Gasteiger partial charge >= 0.3 is 0 Å². The van der Waals surface area contributed by atoms with Gasteiger partial charge in [-0.05, 0) is 35.4 Å². The second-order valence-corrected chi connectivity index (χ2v) is 9.83. The van der Waals surface area contributed by atoms with Crippen LogP contribution in [-0.4, -0.2) is 39.9 Å². The monoisotopic (exact) mass is 510 g/mol. The first kappa shape index (κ1) is 25.7. The van der Waals surface area contributed by atoms with Crippen LogP contribution in [-0.2, 0) is 12.0 Å². The van der Waals surface area contributed by atoms with Gasteiger partial charge in [0.1, 0.15) is 24.2 Å². The van der Waals surface area contributed by atoms with Crippen LogP contribution in [0, 0.1) is 5.92 Å². The Balaban J connectivity index is 1.68. The van der Waals surface area contributed by atoms with E-state index >= 15 is 0 Å². The van der Waals surface area contributed by atoms with Gasteiger partial charge in [-0.1, -0.05) is 56.1 Å². The number of ether oxygens (including phenoxy) is 2. The molecule has 3 rings (SSSR count). The van der Waals surface area contributed by atoms with Crippen LogP contribution in [0.3, 0.4) is 0 Å². The number of aromatic nitrogens is 2. The fraction of sp³-hybridized carbons (Fsp3) is 0.400. The minimum atomic E-state index is -0.679. The summed E-state index contributed by atoms with van der Waals surface area (Å²) in [5, 5.41) is 11.2. The van der Waals surface area contributed by atoms with Gasteiger partial charge in [0.25, 0.3) is 0 Å². The van der Waals surface area contributed by atoms with E-state index in [-0.39, 0.29) is 17.9 Å². The van der Waals surface area contributed by atoms with Crippen LogP contribution in [0.4, 0.5) is 0 Å². The van der Waals surface area contributed by atoms with E-state index in [1.54, 1.807) is 23.3 Å². The van der Waals surface area contributed by atoms with Crippen LogP contribution in [0.25, 0.3) is 0 Å². The highest BCUT2D eigenvalue weighted by Gasteiger charge is 2.25. The number of hydrogen-bond acceptors (Lipinski definition) is 4. The maximum atomic E-state index is 10.2. The van der Waals surface area contributed by atoms with Crippen LogP contribution >= 0.6 is 34.8 Å². The molecule has 0 saturated heterocycles. The zero-order valence-electron chi connectivity index (χ0n) is 19.0. The number of aliphatic hydroxyl groups is 1. The summed E-state index contributed by atoms with van der Waals surface area (Å²) in [5.41, 5.74) is 1.69. The summed E-state index contributed by atoms with van der Waals surface area (Å²) in [4.78, 5) is 3.96. The van der Waals surface area contributed by atoms with Crippen molar-refractivity contribution in [1.82, 2.24) is 9.55 Å². The molecule has 0 amide bonds. The molecule has 178 valence electrons. The third-order valence-corrected chi connectivity index (χ3v) is 6.62. The minimum Gasteiger partial charge on any atom is -0.492 e. The van der Waals surface area contributed by atoms with Crippen molar-refractivity contribution in [3.8, 4) is 11.5 Å². The predicted octanol–water partition coefficient (Wildman–Crippen LogP) is 6.21. The van der Waals surface area contributed by atoms with E-state index in [0.717, 1.165) is 11.1 Å². The van der Waals surface area contributed by atoms with Crippen LogP contribution < -0.4 is 9.47 Å². The largest absolute Gasteiger partial charge is 0.492 e. The van der Waals surface area contributed by atoms with Gasteiger partial charge in [0.05, 0.1) is 29.5 Å². The molecule has 0 fully saturated rings. The lowest BCUT2D eigenvalue weighted by Crippen LogP contribution is -2.23. The molecule has 3 aromatic rings. The molecule has 2 aromatic carbocycles. The standard InChI is InChI=1S/C25H29Cl3N2O3/c1-17(12-26)14-32-23-6-4-18(10-21(23)27)25(2,3)19-5-7-24(22(28)11-19)33-15-20(31)13-30-9-8-29-16-30/h4-11,16-17,20,31H,12-15H2,1-3H3/t17-,20+/m1/s1. The van der Waals surface area contributed by atoms with Crippen molar-refractivity contribution in [2.24, 2.45) is 5.92 Å². The smallest absolute Gasteiger partial charge is 0.138 e. The Hall–Kier alpha value is -1.92. The molecule has 0 spiro atoms. The summed E-state index contributed by atoms with van der Waals surface area (Å²) >= 11 is 18.9. The zero-order valence-corrected chi connectivity index (χ0v) is 21.2. The summed E-state index contributed by atoms with van der Waals surface area (Å²) in [6, 6.07) is 11.5. The number of hydrogen-bond donors (Lipinski definition) is 1. The Morgan fingerprint density at radius 3 is 2.06 bits per heavy atom. The molecule has 0 unspecified atom stereocenters. The molecule has 0 bridgehead atoms. The van der Waals surface area contributed by atoms with E-state index in [9.17, 15) is 5.11 Å². The Morgan fingerprint density at radius 1 is 1.00 bits per heavy atom. The summed E-state index contributed by atoms with van der Waals surface area (Å²) in [5.74, 6) is 1.95. The summed E-state index contributed by atoms with van der Waals surface area (Å²) in [6.45, 7) is 7.27. The average molecular weight is 512 g/mol. The van der Waals surface area contributed by atoms with Gasteiger partial charge < -0.3 is 19.1 Å². The summed E-state index contributed by atoms with van der Waals surface area (Å²) in [6.07, 6.45) is 4.43. The third kappa shape index (κ3) is 6.80. The first-order valence-corrected chi connectivity index (χ1v) is 12.0. The third-order valence-electron chi connectivity index (χ3n) is 5.51. The minimum absolute atomic E-state index is 0.125. The van der Waals surface area contributed by atoms with Crippen molar-refractivity contribution < 1.29 is 14.6 Å². The highest BCUT2D eigenvalue weighted by Crippen LogP contribution is 2.38. The van der Waals surface area contributed by atoms with Gasteiger partial charge in [0, 0.05) is 29.6 Å². The molecule has 2 atom stereocenters. The van der Waals surface area contributed by atoms with Crippen molar-refractivity contribution in [2.45, 2.75) is 38.8 Å². The van der Waals surface area contributed by atoms with Gasteiger partial charge in [0.15, 0.2) is 0 Å². The number of alkyl halides is 1.